The number of Topliss-reactive ketones (excluding diaryl/α,β-unsaturated/α-hetero) is 1. The molecule has 18 heavy (non-hydrogen) atoms. The van der Waals surface area contributed by atoms with E-state index >= 15 is 0 Å². The lowest BCUT2D eigenvalue weighted by Gasteiger charge is -2.20. The lowest BCUT2D eigenvalue weighted by atomic mass is 10.0. The van der Waals surface area contributed by atoms with Gasteiger partial charge in [0, 0.05) is 6.92 Å². The Balaban J connectivity index is 2.57. The first-order chi connectivity index (χ1) is 8.40. The van der Waals surface area contributed by atoms with Gasteiger partial charge >= 0.3 is 0 Å². The Kier molecular flexibility index (Phi) is 5.27. The molecule has 0 aromatic heterocycles. The van der Waals surface area contributed by atoms with Crippen molar-refractivity contribution in [1.29, 1.82) is 0 Å². The molecule has 1 saturated heterocycles. The summed E-state index contributed by atoms with van der Waals surface area (Å²) in [4.78, 5) is 34.4. The second-order valence-corrected chi connectivity index (χ2v) is 4.93. The van der Waals surface area contributed by atoms with Gasteiger partial charge in [0.2, 0.25) is 11.8 Å². The minimum atomic E-state index is -0.601. The summed E-state index contributed by atoms with van der Waals surface area (Å²) >= 11 is 0. The molecule has 6 nitrogen and oxygen atoms in total. The van der Waals surface area contributed by atoms with Crippen molar-refractivity contribution in [3.8, 4) is 0 Å². The minimum absolute atomic E-state index is 0.0416. The first-order valence-corrected chi connectivity index (χ1v) is 6.08. The van der Waals surface area contributed by atoms with Gasteiger partial charge in [-0.25, -0.2) is 0 Å². The van der Waals surface area contributed by atoms with Gasteiger partial charge in [-0.15, -0.1) is 0 Å². The van der Waals surface area contributed by atoms with Gasteiger partial charge in [-0.3, -0.25) is 14.4 Å². The molecule has 6 heteroatoms. The minimum Gasteiger partial charge on any atom is -0.371 e. The summed E-state index contributed by atoms with van der Waals surface area (Å²) < 4.78 is 4.96. The second-order valence-electron chi connectivity index (χ2n) is 4.93. The molecule has 1 rings (SSSR count). The predicted octanol–water partition coefficient (Wildman–Crippen LogP) is -0.379. The zero-order valence-corrected chi connectivity index (χ0v) is 11.0. The van der Waals surface area contributed by atoms with Gasteiger partial charge in [0.15, 0.2) is 5.78 Å². The van der Waals surface area contributed by atoms with Crippen molar-refractivity contribution in [1.82, 2.24) is 10.6 Å². The number of carbonyl (C=O) groups is 3. The van der Waals surface area contributed by atoms with E-state index in [0.29, 0.717) is 6.42 Å². The van der Waals surface area contributed by atoms with Gasteiger partial charge in [0.25, 0.3) is 0 Å². The fourth-order valence-electron chi connectivity index (χ4n) is 1.81. The lowest BCUT2D eigenvalue weighted by molar-refractivity contribution is -0.130. The molecule has 1 unspecified atom stereocenters. The third kappa shape index (κ3) is 4.44. The molecule has 1 aliphatic heterocycles. The van der Waals surface area contributed by atoms with E-state index < -0.39 is 12.1 Å². The van der Waals surface area contributed by atoms with Crippen molar-refractivity contribution >= 4 is 17.6 Å². The van der Waals surface area contributed by atoms with Gasteiger partial charge in [0.05, 0.1) is 6.61 Å². The Labute approximate surface area is 106 Å². The fourth-order valence-corrected chi connectivity index (χ4v) is 1.81. The van der Waals surface area contributed by atoms with Crippen LogP contribution in [-0.4, -0.2) is 42.9 Å². The molecule has 102 valence electrons. The number of carbonyl (C=O) groups excluding carboxylic acids is 3. The molecule has 0 aromatic carbocycles. The molecule has 0 aromatic rings. The number of nitrogens with one attached hydrogen (secondary N) is 2. The van der Waals surface area contributed by atoms with Crippen molar-refractivity contribution in [3.63, 3.8) is 0 Å². The van der Waals surface area contributed by atoms with E-state index in [1.54, 1.807) is 0 Å². The van der Waals surface area contributed by atoms with Crippen LogP contribution in [0, 0.1) is 5.92 Å². The molecule has 0 radical (unpaired) electrons. The van der Waals surface area contributed by atoms with E-state index in [1.807, 2.05) is 13.8 Å². The van der Waals surface area contributed by atoms with Crippen molar-refractivity contribution in [3.05, 3.63) is 0 Å². The standard InChI is InChI=1S/C12H20N2O4/c1-7(2)4-9(13-8(3)15)12(17)14-10-5-18-6-11(10)16/h7,9-10H,4-6H2,1-3H3,(H,13,15)(H,14,17)/t9-,10?/m0/s1. The van der Waals surface area contributed by atoms with E-state index in [-0.39, 0.29) is 36.7 Å². The molecule has 0 saturated carbocycles. The Morgan fingerprint density at radius 3 is 2.56 bits per heavy atom. The Bertz CT molecular complexity index is 341. The van der Waals surface area contributed by atoms with Crippen molar-refractivity contribution in [2.24, 2.45) is 5.92 Å². The monoisotopic (exact) mass is 256 g/mol. The van der Waals surface area contributed by atoms with Crippen LogP contribution in [0.15, 0.2) is 0 Å². The SMILES string of the molecule is CC(=O)N[C@@H](CC(C)C)C(=O)NC1COCC1=O. The first-order valence-electron chi connectivity index (χ1n) is 6.08. The maximum absolute atomic E-state index is 12.0. The lowest BCUT2D eigenvalue weighted by Crippen LogP contribution is -2.51. The van der Waals surface area contributed by atoms with Crippen LogP contribution in [-0.2, 0) is 19.1 Å². The average Bonchev–Trinajstić information content (AvgIpc) is 2.62. The van der Waals surface area contributed by atoms with E-state index in [9.17, 15) is 14.4 Å². The summed E-state index contributed by atoms with van der Waals surface area (Å²) in [6, 6.07) is -1.18. The summed E-state index contributed by atoms with van der Waals surface area (Å²) in [7, 11) is 0. The highest BCUT2D eigenvalue weighted by molar-refractivity contribution is 5.93. The molecule has 2 amide bonds. The molecular weight excluding hydrogens is 236 g/mol. The quantitative estimate of drug-likeness (QED) is 0.702. The van der Waals surface area contributed by atoms with Crippen LogP contribution < -0.4 is 10.6 Å². The van der Waals surface area contributed by atoms with E-state index in [0.717, 1.165) is 0 Å². The summed E-state index contributed by atoms with van der Waals surface area (Å²) in [6.07, 6.45) is 0.535. The largest absolute Gasteiger partial charge is 0.371 e. The molecule has 0 aliphatic carbocycles. The predicted molar refractivity (Wildman–Crippen MR) is 64.8 cm³/mol. The van der Waals surface area contributed by atoms with Gasteiger partial charge in [-0.2, -0.15) is 0 Å². The molecule has 1 aliphatic rings. The topological polar surface area (TPSA) is 84.5 Å². The number of amides is 2. The second kappa shape index (κ2) is 6.49. The first kappa shape index (κ1) is 14.6. The molecule has 1 heterocycles. The van der Waals surface area contributed by atoms with Gasteiger partial charge in [-0.1, -0.05) is 13.8 Å². The third-order valence-electron chi connectivity index (χ3n) is 2.64. The van der Waals surface area contributed by atoms with Crippen LogP contribution in [0.5, 0.6) is 0 Å². The van der Waals surface area contributed by atoms with Gasteiger partial charge in [-0.05, 0) is 12.3 Å². The summed E-state index contributed by atoms with van der Waals surface area (Å²) in [5.41, 5.74) is 0. The number of ketones is 1. The third-order valence-corrected chi connectivity index (χ3v) is 2.64. The zero-order chi connectivity index (χ0) is 13.7. The Hall–Kier alpha value is -1.43. The van der Waals surface area contributed by atoms with E-state index in [4.69, 9.17) is 4.74 Å². The van der Waals surface area contributed by atoms with Crippen LogP contribution in [0.25, 0.3) is 0 Å². The summed E-state index contributed by atoms with van der Waals surface area (Å²) in [5, 5.41) is 5.21. The highest BCUT2D eigenvalue weighted by atomic mass is 16.5. The van der Waals surface area contributed by atoms with Crippen LogP contribution in [0.1, 0.15) is 27.2 Å². The zero-order valence-electron chi connectivity index (χ0n) is 11.0. The maximum atomic E-state index is 12.0. The van der Waals surface area contributed by atoms with Crippen molar-refractivity contribution in [2.45, 2.75) is 39.3 Å². The molecule has 0 spiro atoms. The van der Waals surface area contributed by atoms with Crippen LogP contribution >= 0.6 is 0 Å². The van der Waals surface area contributed by atoms with Crippen LogP contribution in [0.3, 0.4) is 0 Å². The number of ether oxygens (including phenoxy) is 1. The van der Waals surface area contributed by atoms with Gasteiger partial charge in [0.1, 0.15) is 18.7 Å². The highest BCUT2D eigenvalue weighted by Gasteiger charge is 2.30. The van der Waals surface area contributed by atoms with E-state index in [2.05, 4.69) is 10.6 Å². The average molecular weight is 256 g/mol. The Morgan fingerprint density at radius 1 is 1.44 bits per heavy atom. The normalized spacial score (nSPS) is 20.9. The summed E-state index contributed by atoms with van der Waals surface area (Å²) in [5.74, 6) is -0.454. The van der Waals surface area contributed by atoms with E-state index in [1.165, 1.54) is 6.92 Å². The molecule has 1 fully saturated rings. The van der Waals surface area contributed by atoms with Gasteiger partial charge < -0.3 is 15.4 Å². The molecule has 0 bridgehead atoms. The smallest absolute Gasteiger partial charge is 0.243 e. The van der Waals surface area contributed by atoms with Crippen molar-refractivity contribution < 1.29 is 19.1 Å². The van der Waals surface area contributed by atoms with Crippen LogP contribution in [0.4, 0.5) is 0 Å². The fraction of sp³-hybridized carbons (Fsp3) is 0.750. The molecular formula is C12H20N2O4. The Morgan fingerprint density at radius 2 is 2.11 bits per heavy atom. The van der Waals surface area contributed by atoms with Crippen LogP contribution in [0.2, 0.25) is 0 Å². The number of hydrogen-bond donors (Lipinski definition) is 2. The summed E-state index contributed by atoms with van der Waals surface area (Å²) in [6.45, 7) is 5.54. The molecule has 2 atom stereocenters. The molecule has 2 N–H and O–H groups in total. The number of rotatable bonds is 5. The maximum Gasteiger partial charge on any atom is 0.243 e. The highest BCUT2D eigenvalue weighted by Crippen LogP contribution is 2.07. The van der Waals surface area contributed by atoms with Crippen molar-refractivity contribution in [2.75, 3.05) is 13.2 Å². The number of hydrogen-bond acceptors (Lipinski definition) is 4.